The van der Waals surface area contributed by atoms with Gasteiger partial charge in [0.25, 0.3) is 5.56 Å². The van der Waals surface area contributed by atoms with Crippen LogP contribution in [0.5, 0.6) is 0 Å². The maximum atomic E-state index is 12.9. The molecule has 4 rings (SSSR count). The Kier molecular flexibility index (Phi) is 3.91. The zero-order valence-corrected chi connectivity index (χ0v) is 14.8. The van der Waals surface area contributed by atoms with Crippen LogP contribution in [-0.2, 0) is 0 Å². The van der Waals surface area contributed by atoms with Crippen molar-refractivity contribution in [2.45, 2.75) is 32.9 Å². The lowest BCUT2D eigenvalue weighted by Crippen LogP contribution is -2.27. The highest BCUT2D eigenvalue weighted by atomic mass is 16.3. The molecule has 0 N–H and O–H groups in total. The molecule has 1 unspecified atom stereocenters. The molecule has 4 aromatic rings. The second-order valence-electron chi connectivity index (χ2n) is 6.46. The van der Waals surface area contributed by atoms with E-state index in [2.05, 4.69) is 15.1 Å². The Labute approximate surface area is 149 Å². The number of rotatable bonds is 4. The first-order valence-electron chi connectivity index (χ1n) is 8.52. The number of aromatic nitrogens is 5. The standard InChI is InChI=1S/C19H19N5O2/c1-12(2)24-18(21-17(22-24)16-9-6-10-26-16)13(3)23-11-20-15-8-5-4-7-14(15)19(23)25/h4-13H,1-3H3. The Morgan fingerprint density at radius 3 is 2.62 bits per heavy atom. The van der Waals surface area contributed by atoms with Crippen molar-refractivity contribution in [2.24, 2.45) is 0 Å². The van der Waals surface area contributed by atoms with Gasteiger partial charge < -0.3 is 4.42 Å². The minimum Gasteiger partial charge on any atom is -0.461 e. The number of fused-ring (bicyclic) bond motifs is 1. The quantitative estimate of drug-likeness (QED) is 0.564. The second-order valence-corrected chi connectivity index (χ2v) is 6.46. The first-order chi connectivity index (χ1) is 12.6. The third-order valence-electron chi connectivity index (χ3n) is 4.37. The average Bonchev–Trinajstić information content (AvgIpc) is 3.31. The van der Waals surface area contributed by atoms with Crippen molar-refractivity contribution >= 4 is 10.9 Å². The van der Waals surface area contributed by atoms with Gasteiger partial charge in [-0.15, -0.1) is 5.10 Å². The SMILES string of the molecule is CC(C)n1nc(-c2ccco2)nc1C(C)n1cnc2ccccc2c1=O. The lowest BCUT2D eigenvalue weighted by molar-refractivity contribution is 0.459. The Hall–Kier alpha value is -3.22. The van der Waals surface area contributed by atoms with E-state index in [1.807, 2.05) is 49.7 Å². The van der Waals surface area contributed by atoms with E-state index in [-0.39, 0.29) is 17.6 Å². The van der Waals surface area contributed by atoms with E-state index < -0.39 is 0 Å². The summed E-state index contributed by atoms with van der Waals surface area (Å²) in [6.07, 6.45) is 3.16. The van der Waals surface area contributed by atoms with Crippen LogP contribution in [0.15, 0.2) is 58.2 Å². The molecular formula is C19H19N5O2. The van der Waals surface area contributed by atoms with Crippen molar-refractivity contribution in [3.63, 3.8) is 0 Å². The van der Waals surface area contributed by atoms with Crippen LogP contribution in [0.2, 0.25) is 0 Å². The van der Waals surface area contributed by atoms with Crippen molar-refractivity contribution in [3.8, 4) is 11.6 Å². The third-order valence-corrected chi connectivity index (χ3v) is 4.37. The minimum absolute atomic E-state index is 0.0905. The number of para-hydroxylation sites is 1. The average molecular weight is 349 g/mol. The molecule has 3 aromatic heterocycles. The monoisotopic (exact) mass is 349 g/mol. The number of benzene rings is 1. The molecule has 7 heteroatoms. The summed E-state index contributed by atoms with van der Waals surface area (Å²) in [5, 5.41) is 5.15. The molecule has 0 fully saturated rings. The summed E-state index contributed by atoms with van der Waals surface area (Å²) in [6.45, 7) is 5.98. The van der Waals surface area contributed by atoms with Crippen LogP contribution in [0, 0.1) is 0 Å². The first kappa shape index (κ1) is 16.3. The van der Waals surface area contributed by atoms with Crippen LogP contribution in [0.4, 0.5) is 0 Å². The van der Waals surface area contributed by atoms with Gasteiger partial charge in [-0.05, 0) is 45.0 Å². The highest BCUT2D eigenvalue weighted by Gasteiger charge is 2.22. The Morgan fingerprint density at radius 1 is 1.08 bits per heavy atom. The van der Waals surface area contributed by atoms with E-state index in [0.29, 0.717) is 28.3 Å². The van der Waals surface area contributed by atoms with E-state index >= 15 is 0 Å². The van der Waals surface area contributed by atoms with Gasteiger partial charge in [-0.2, -0.15) is 0 Å². The number of hydrogen-bond donors (Lipinski definition) is 0. The zero-order valence-electron chi connectivity index (χ0n) is 14.8. The molecule has 0 spiro atoms. The summed E-state index contributed by atoms with van der Waals surface area (Å²) in [5.41, 5.74) is 0.587. The fourth-order valence-corrected chi connectivity index (χ4v) is 2.99. The molecule has 0 bridgehead atoms. The predicted octanol–water partition coefficient (Wildman–Crippen LogP) is 3.44. The second kappa shape index (κ2) is 6.25. The molecule has 7 nitrogen and oxygen atoms in total. The van der Waals surface area contributed by atoms with Gasteiger partial charge in [0.1, 0.15) is 0 Å². The lowest BCUT2D eigenvalue weighted by Gasteiger charge is -2.17. The van der Waals surface area contributed by atoms with Crippen molar-refractivity contribution in [1.29, 1.82) is 0 Å². The number of nitrogens with zero attached hydrogens (tertiary/aromatic N) is 5. The fourth-order valence-electron chi connectivity index (χ4n) is 2.99. The van der Waals surface area contributed by atoms with E-state index in [9.17, 15) is 4.79 Å². The van der Waals surface area contributed by atoms with Crippen molar-refractivity contribution in [2.75, 3.05) is 0 Å². The highest BCUT2D eigenvalue weighted by molar-refractivity contribution is 5.76. The van der Waals surface area contributed by atoms with E-state index in [0.717, 1.165) is 0 Å². The van der Waals surface area contributed by atoms with Crippen LogP contribution in [0.3, 0.4) is 0 Å². The molecule has 0 aliphatic rings. The normalized spacial score (nSPS) is 12.8. The molecular weight excluding hydrogens is 330 g/mol. The van der Waals surface area contributed by atoms with Gasteiger partial charge in [-0.25, -0.2) is 14.6 Å². The molecule has 3 heterocycles. The summed E-state index contributed by atoms with van der Waals surface area (Å²) >= 11 is 0. The summed E-state index contributed by atoms with van der Waals surface area (Å²) in [4.78, 5) is 22.0. The van der Waals surface area contributed by atoms with Gasteiger partial charge in [0.2, 0.25) is 5.82 Å². The topological polar surface area (TPSA) is 78.7 Å². The molecule has 26 heavy (non-hydrogen) atoms. The molecule has 0 aliphatic carbocycles. The van der Waals surface area contributed by atoms with E-state index in [4.69, 9.17) is 4.42 Å². The molecule has 0 amide bonds. The molecule has 132 valence electrons. The van der Waals surface area contributed by atoms with E-state index in [1.165, 1.54) is 0 Å². The molecule has 1 aromatic carbocycles. The lowest BCUT2D eigenvalue weighted by atomic mass is 10.2. The van der Waals surface area contributed by atoms with Gasteiger partial charge in [0.05, 0.1) is 29.5 Å². The largest absolute Gasteiger partial charge is 0.461 e. The highest BCUT2D eigenvalue weighted by Crippen LogP contribution is 2.23. The van der Waals surface area contributed by atoms with Gasteiger partial charge >= 0.3 is 0 Å². The third kappa shape index (κ3) is 2.61. The predicted molar refractivity (Wildman–Crippen MR) is 97.9 cm³/mol. The van der Waals surface area contributed by atoms with Gasteiger partial charge in [-0.3, -0.25) is 9.36 Å². The molecule has 0 radical (unpaired) electrons. The van der Waals surface area contributed by atoms with Crippen LogP contribution >= 0.6 is 0 Å². The van der Waals surface area contributed by atoms with Crippen molar-refractivity contribution < 1.29 is 4.42 Å². The molecule has 0 saturated heterocycles. The number of hydrogen-bond acceptors (Lipinski definition) is 5. The fraction of sp³-hybridized carbons (Fsp3) is 0.263. The summed E-state index contributed by atoms with van der Waals surface area (Å²) in [7, 11) is 0. The summed E-state index contributed by atoms with van der Waals surface area (Å²) in [6, 6.07) is 10.7. The summed E-state index contributed by atoms with van der Waals surface area (Å²) < 4.78 is 8.83. The minimum atomic E-state index is -0.321. The molecule has 0 saturated carbocycles. The zero-order chi connectivity index (χ0) is 18.3. The molecule has 1 atom stereocenters. The van der Waals surface area contributed by atoms with Gasteiger partial charge in [0, 0.05) is 6.04 Å². The van der Waals surface area contributed by atoms with E-state index in [1.54, 1.807) is 29.3 Å². The number of furan rings is 1. The first-order valence-corrected chi connectivity index (χ1v) is 8.52. The van der Waals surface area contributed by atoms with Gasteiger partial charge in [-0.1, -0.05) is 12.1 Å². The van der Waals surface area contributed by atoms with Crippen LogP contribution in [0.1, 0.15) is 38.7 Å². The van der Waals surface area contributed by atoms with Crippen molar-refractivity contribution in [1.82, 2.24) is 24.3 Å². The maximum absolute atomic E-state index is 12.9. The smallest absolute Gasteiger partial charge is 0.261 e. The van der Waals surface area contributed by atoms with Crippen LogP contribution < -0.4 is 5.56 Å². The Morgan fingerprint density at radius 2 is 1.88 bits per heavy atom. The summed E-state index contributed by atoms with van der Waals surface area (Å²) in [5.74, 6) is 1.79. The van der Waals surface area contributed by atoms with Gasteiger partial charge in [0.15, 0.2) is 11.6 Å². The van der Waals surface area contributed by atoms with Crippen molar-refractivity contribution in [3.05, 3.63) is 65.2 Å². The van der Waals surface area contributed by atoms with Crippen LogP contribution in [0.25, 0.3) is 22.5 Å². The Balaban J connectivity index is 1.85. The maximum Gasteiger partial charge on any atom is 0.261 e. The Bertz CT molecular complexity index is 1110. The molecule has 0 aliphatic heterocycles. The van der Waals surface area contributed by atoms with Crippen LogP contribution in [-0.4, -0.2) is 24.3 Å².